The van der Waals surface area contributed by atoms with Gasteiger partial charge < -0.3 is 9.84 Å². The Hall–Kier alpha value is -1.86. The number of benzene rings is 1. The summed E-state index contributed by atoms with van der Waals surface area (Å²) in [6, 6.07) is 8.88. The molecule has 0 saturated carbocycles. The highest BCUT2D eigenvalue weighted by atomic mass is 16.6. The van der Waals surface area contributed by atoms with Crippen molar-refractivity contribution < 1.29 is 14.6 Å². The molecule has 4 nitrogen and oxygen atoms in total. The zero-order valence-corrected chi connectivity index (χ0v) is 11.5. The largest absolute Gasteiger partial charge is 0.460 e. The summed E-state index contributed by atoms with van der Waals surface area (Å²) < 4.78 is 5.23. The van der Waals surface area contributed by atoms with Crippen LogP contribution in [0.2, 0.25) is 0 Å². The van der Waals surface area contributed by atoms with Crippen LogP contribution in [0.25, 0.3) is 0 Å². The molecular formula is C15H19NO3. The summed E-state index contributed by atoms with van der Waals surface area (Å²) in [7, 11) is 0. The van der Waals surface area contributed by atoms with E-state index >= 15 is 0 Å². The monoisotopic (exact) mass is 261 g/mol. The minimum Gasteiger partial charge on any atom is -0.460 e. The molecule has 1 aromatic rings. The van der Waals surface area contributed by atoms with Crippen LogP contribution in [0, 0.1) is 11.3 Å². The first kappa shape index (κ1) is 15.2. The fourth-order valence-electron chi connectivity index (χ4n) is 1.70. The lowest BCUT2D eigenvalue weighted by atomic mass is 9.95. The van der Waals surface area contributed by atoms with Crippen molar-refractivity contribution in [3.63, 3.8) is 0 Å². The number of aliphatic hydroxyl groups excluding tert-OH is 1. The number of nitrogens with zero attached hydrogens (tertiary/aromatic N) is 1. The van der Waals surface area contributed by atoms with E-state index in [1.807, 2.05) is 6.07 Å². The zero-order chi connectivity index (χ0) is 14.5. The maximum Gasteiger partial charge on any atom is 0.307 e. The summed E-state index contributed by atoms with van der Waals surface area (Å²) in [5.41, 5.74) is 0.854. The zero-order valence-electron chi connectivity index (χ0n) is 11.5. The van der Waals surface area contributed by atoms with Gasteiger partial charge in [0, 0.05) is 5.92 Å². The molecule has 0 aliphatic heterocycles. The standard InChI is InChI=1S/C15H19NO3/c1-15(2,3)19-14(18)8-13(10-17)12-6-4-11(9-16)5-7-12/h4-7,13,17H,8,10H2,1-3H3. The molecule has 102 valence electrons. The molecule has 1 rings (SSSR count). The molecule has 0 radical (unpaired) electrons. The Balaban J connectivity index is 2.72. The van der Waals surface area contributed by atoms with Gasteiger partial charge in [0.15, 0.2) is 0 Å². The minimum absolute atomic E-state index is 0.125. The van der Waals surface area contributed by atoms with Gasteiger partial charge in [0.25, 0.3) is 0 Å². The van der Waals surface area contributed by atoms with E-state index in [0.29, 0.717) is 5.56 Å². The average molecular weight is 261 g/mol. The second-order valence-electron chi connectivity index (χ2n) is 5.40. The van der Waals surface area contributed by atoms with Crippen LogP contribution in [0.3, 0.4) is 0 Å². The van der Waals surface area contributed by atoms with Crippen LogP contribution in [-0.4, -0.2) is 23.3 Å². The molecule has 0 fully saturated rings. The first-order valence-corrected chi connectivity index (χ1v) is 6.18. The first-order valence-electron chi connectivity index (χ1n) is 6.18. The van der Waals surface area contributed by atoms with Crippen LogP contribution in [0.15, 0.2) is 24.3 Å². The smallest absolute Gasteiger partial charge is 0.307 e. The molecule has 0 amide bonds. The van der Waals surface area contributed by atoms with Crippen LogP contribution in [0.4, 0.5) is 0 Å². The SMILES string of the molecule is CC(C)(C)OC(=O)CC(CO)c1ccc(C#N)cc1. The van der Waals surface area contributed by atoms with Crippen molar-refractivity contribution in [2.24, 2.45) is 0 Å². The summed E-state index contributed by atoms with van der Waals surface area (Å²) >= 11 is 0. The molecule has 0 saturated heterocycles. The van der Waals surface area contributed by atoms with Crippen molar-refractivity contribution in [3.8, 4) is 6.07 Å². The minimum atomic E-state index is -0.526. The van der Waals surface area contributed by atoms with Gasteiger partial charge in [0.05, 0.1) is 24.7 Å². The van der Waals surface area contributed by atoms with Crippen molar-refractivity contribution >= 4 is 5.97 Å². The number of ether oxygens (including phenoxy) is 1. The normalized spacial score (nSPS) is 12.6. The van der Waals surface area contributed by atoms with Crippen LogP contribution in [0.5, 0.6) is 0 Å². The fraction of sp³-hybridized carbons (Fsp3) is 0.467. The third-order valence-corrected chi connectivity index (χ3v) is 2.56. The number of rotatable bonds is 4. The fourth-order valence-corrected chi connectivity index (χ4v) is 1.70. The Labute approximate surface area is 113 Å². The van der Waals surface area contributed by atoms with E-state index in [1.165, 1.54) is 0 Å². The number of hydrogen-bond acceptors (Lipinski definition) is 4. The van der Waals surface area contributed by atoms with Crippen molar-refractivity contribution in [1.82, 2.24) is 0 Å². The number of carbonyl (C=O) groups excluding carboxylic acids is 1. The molecule has 1 aromatic carbocycles. The van der Waals surface area contributed by atoms with E-state index in [9.17, 15) is 9.90 Å². The summed E-state index contributed by atoms with van der Waals surface area (Å²) in [4.78, 5) is 11.7. The Morgan fingerprint density at radius 1 is 1.37 bits per heavy atom. The van der Waals surface area contributed by atoms with Crippen molar-refractivity contribution in [2.45, 2.75) is 38.7 Å². The van der Waals surface area contributed by atoms with Crippen LogP contribution in [0.1, 0.15) is 44.2 Å². The van der Waals surface area contributed by atoms with E-state index in [2.05, 4.69) is 0 Å². The highest BCUT2D eigenvalue weighted by molar-refractivity contribution is 5.71. The van der Waals surface area contributed by atoms with E-state index in [1.54, 1.807) is 45.0 Å². The number of aliphatic hydroxyl groups is 1. The molecule has 0 aromatic heterocycles. The molecule has 1 unspecified atom stereocenters. The quantitative estimate of drug-likeness (QED) is 0.845. The average Bonchev–Trinajstić information content (AvgIpc) is 2.34. The van der Waals surface area contributed by atoms with Crippen molar-refractivity contribution in [2.75, 3.05) is 6.61 Å². The second-order valence-corrected chi connectivity index (χ2v) is 5.40. The van der Waals surface area contributed by atoms with E-state index in [0.717, 1.165) is 5.56 Å². The number of carbonyl (C=O) groups is 1. The Morgan fingerprint density at radius 2 is 1.95 bits per heavy atom. The molecule has 1 N–H and O–H groups in total. The van der Waals surface area contributed by atoms with Gasteiger partial charge in [-0.05, 0) is 38.5 Å². The number of hydrogen-bond donors (Lipinski definition) is 1. The summed E-state index contributed by atoms with van der Waals surface area (Å²) in [6.45, 7) is 5.28. The highest BCUT2D eigenvalue weighted by Crippen LogP contribution is 2.21. The van der Waals surface area contributed by atoms with Gasteiger partial charge in [0.1, 0.15) is 5.60 Å². The third kappa shape index (κ3) is 5.11. The van der Waals surface area contributed by atoms with Crippen molar-refractivity contribution in [1.29, 1.82) is 5.26 Å². The summed E-state index contributed by atoms with van der Waals surface area (Å²) in [5.74, 6) is -0.640. The second kappa shape index (κ2) is 6.35. The van der Waals surface area contributed by atoms with Crippen LogP contribution >= 0.6 is 0 Å². The highest BCUT2D eigenvalue weighted by Gasteiger charge is 2.21. The van der Waals surface area contributed by atoms with Gasteiger partial charge in [-0.1, -0.05) is 12.1 Å². The lowest BCUT2D eigenvalue weighted by Gasteiger charge is -2.21. The predicted molar refractivity (Wildman–Crippen MR) is 71.4 cm³/mol. The maximum atomic E-state index is 11.7. The van der Waals surface area contributed by atoms with Crippen molar-refractivity contribution in [3.05, 3.63) is 35.4 Å². The predicted octanol–water partition coefficient (Wildman–Crippen LogP) is 2.37. The molecule has 0 bridgehead atoms. The van der Waals surface area contributed by atoms with E-state index in [-0.39, 0.29) is 24.9 Å². The Morgan fingerprint density at radius 3 is 2.37 bits per heavy atom. The molecule has 0 spiro atoms. The van der Waals surface area contributed by atoms with Gasteiger partial charge in [0.2, 0.25) is 0 Å². The van der Waals surface area contributed by atoms with Crippen LogP contribution in [-0.2, 0) is 9.53 Å². The molecule has 0 heterocycles. The summed E-state index contributed by atoms with van der Waals surface area (Å²) in [5, 5.41) is 18.1. The van der Waals surface area contributed by atoms with E-state index in [4.69, 9.17) is 10.00 Å². The Kier molecular flexibility index (Phi) is 5.08. The topological polar surface area (TPSA) is 70.3 Å². The number of esters is 1. The molecular weight excluding hydrogens is 242 g/mol. The lowest BCUT2D eigenvalue weighted by molar-refractivity contribution is -0.155. The summed E-state index contributed by atoms with van der Waals surface area (Å²) in [6.07, 6.45) is 0.125. The van der Waals surface area contributed by atoms with Gasteiger partial charge in [-0.2, -0.15) is 5.26 Å². The van der Waals surface area contributed by atoms with Gasteiger partial charge >= 0.3 is 5.97 Å². The molecule has 0 aliphatic carbocycles. The molecule has 4 heteroatoms. The third-order valence-electron chi connectivity index (χ3n) is 2.56. The van der Waals surface area contributed by atoms with Gasteiger partial charge in [-0.15, -0.1) is 0 Å². The molecule has 0 aliphatic rings. The van der Waals surface area contributed by atoms with Gasteiger partial charge in [-0.3, -0.25) is 4.79 Å². The molecule has 19 heavy (non-hydrogen) atoms. The molecule has 1 atom stereocenters. The lowest BCUT2D eigenvalue weighted by Crippen LogP contribution is -2.25. The first-order chi connectivity index (χ1) is 8.85. The Bertz CT molecular complexity index is 466. The maximum absolute atomic E-state index is 11.7. The van der Waals surface area contributed by atoms with E-state index < -0.39 is 5.60 Å². The number of nitriles is 1. The van der Waals surface area contributed by atoms with Crippen LogP contribution < -0.4 is 0 Å². The van der Waals surface area contributed by atoms with Gasteiger partial charge in [-0.25, -0.2) is 0 Å².